The molecule has 1 saturated carbocycles. The Morgan fingerprint density at radius 2 is 1.65 bits per heavy atom. The molecule has 37 heavy (non-hydrogen) atoms. The van der Waals surface area contributed by atoms with Gasteiger partial charge in [0.2, 0.25) is 11.9 Å². The first kappa shape index (κ1) is 25.0. The predicted molar refractivity (Wildman–Crippen MR) is 146 cm³/mol. The molecular weight excluding hydrogens is 490 g/mol. The highest BCUT2D eigenvalue weighted by Gasteiger charge is 2.30. The van der Waals surface area contributed by atoms with Gasteiger partial charge in [-0.25, -0.2) is 4.98 Å². The fourth-order valence-electron chi connectivity index (χ4n) is 4.18. The molecule has 192 valence electrons. The number of rotatable bonds is 8. The molecule has 3 aromatic rings. The van der Waals surface area contributed by atoms with Crippen LogP contribution in [-0.2, 0) is 4.79 Å². The van der Waals surface area contributed by atoms with Gasteiger partial charge in [-0.2, -0.15) is 4.98 Å². The smallest absolute Gasteiger partial charge is 0.251 e. The predicted octanol–water partition coefficient (Wildman–Crippen LogP) is 4.79. The van der Waals surface area contributed by atoms with E-state index in [1.807, 2.05) is 36.4 Å². The Kier molecular flexibility index (Phi) is 7.52. The molecule has 4 N–H and O–H groups in total. The van der Waals surface area contributed by atoms with Gasteiger partial charge in [-0.05, 0) is 82.2 Å². The summed E-state index contributed by atoms with van der Waals surface area (Å²) < 4.78 is 0. The first-order valence-electron chi connectivity index (χ1n) is 12.5. The summed E-state index contributed by atoms with van der Waals surface area (Å²) in [5.74, 6) is 0.797. The van der Waals surface area contributed by atoms with Crippen molar-refractivity contribution < 1.29 is 9.59 Å². The highest BCUT2D eigenvalue weighted by Crippen LogP contribution is 2.33. The minimum atomic E-state index is -0.0669. The van der Waals surface area contributed by atoms with Gasteiger partial charge in [0.05, 0.1) is 17.6 Å². The number of likely N-dealkylation sites (tertiary alicyclic amines) is 1. The molecule has 0 radical (unpaired) electrons. The van der Waals surface area contributed by atoms with Crippen LogP contribution in [0.2, 0.25) is 5.02 Å². The summed E-state index contributed by atoms with van der Waals surface area (Å²) in [5.41, 5.74) is 2.69. The van der Waals surface area contributed by atoms with Crippen LogP contribution in [0.3, 0.4) is 0 Å². The van der Waals surface area contributed by atoms with Gasteiger partial charge in [0.25, 0.3) is 5.91 Å². The van der Waals surface area contributed by atoms with Crippen molar-refractivity contribution in [2.45, 2.75) is 31.7 Å². The number of aromatic nitrogens is 2. The minimum absolute atomic E-state index is 0.0221. The summed E-state index contributed by atoms with van der Waals surface area (Å²) in [4.78, 5) is 35.9. The van der Waals surface area contributed by atoms with Crippen LogP contribution in [0.4, 0.5) is 28.8 Å². The average Bonchev–Trinajstić information content (AvgIpc) is 3.75. The third-order valence-electron chi connectivity index (χ3n) is 6.59. The molecular formula is C27H30ClN7O2. The van der Waals surface area contributed by atoms with Gasteiger partial charge in [0, 0.05) is 23.2 Å². The van der Waals surface area contributed by atoms with Crippen LogP contribution in [0, 0.1) is 5.92 Å². The number of carbonyl (C=O) groups is 2. The van der Waals surface area contributed by atoms with Crippen molar-refractivity contribution in [2.24, 2.45) is 5.92 Å². The summed E-state index contributed by atoms with van der Waals surface area (Å²) in [7, 11) is 2.10. The van der Waals surface area contributed by atoms with Crippen LogP contribution in [0.15, 0.2) is 54.7 Å². The number of anilines is 5. The van der Waals surface area contributed by atoms with Crippen molar-refractivity contribution in [3.05, 3.63) is 65.3 Å². The number of hydrogen-bond donors (Lipinski definition) is 4. The molecule has 0 spiro atoms. The lowest BCUT2D eigenvalue weighted by atomic mass is 10.0. The summed E-state index contributed by atoms with van der Waals surface area (Å²) in [6.07, 6.45) is 5.29. The molecule has 1 aromatic heterocycles. The topological polar surface area (TPSA) is 111 Å². The van der Waals surface area contributed by atoms with Gasteiger partial charge in [0.1, 0.15) is 5.02 Å². The van der Waals surface area contributed by atoms with Crippen molar-refractivity contribution in [2.75, 3.05) is 36.1 Å². The van der Waals surface area contributed by atoms with Gasteiger partial charge in [0.15, 0.2) is 5.82 Å². The third-order valence-corrected chi connectivity index (χ3v) is 6.86. The third kappa shape index (κ3) is 6.55. The zero-order valence-corrected chi connectivity index (χ0v) is 21.4. The average molecular weight is 520 g/mol. The standard InChI is InChI=1S/C27H30ClN7O2/c1-35-14-12-20(13-15-35)30-25(36)18-8-10-19(11-9-18)31-27-29-16-21(28)24(34-27)32-22-4-2-3-5-23(22)33-26(37)17-6-7-17/h2-5,8-11,16-17,20H,6-7,12-15H2,1H3,(H,30,36)(H,33,37)(H2,29,31,32,34). The molecule has 1 aliphatic carbocycles. The Hall–Kier alpha value is -3.69. The molecule has 2 aromatic carbocycles. The maximum atomic E-state index is 12.6. The van der Waals surface area contributed by atoms with E-state index in [0.717, 1.165) is 44.5 Å². The number of carbonyl (C=O) groups excluding carboxylic acids is 2. The largest absolute Gasteiger partial charge is 0.349 e. The van der Waals surface area contributed by atoms with Crippen LogP contribution in [0.5, 0.6) is 0 Å². The number of hydrogen-bond acceptors (Lipinski definition) is 7. The molecule has 10 heteroatoms. The van der Waals surface area contributed by atoms with Crippen molar-refractivity contribution in [1.29, 1.82) is 0 Å². The molecule has 2 amide bonds. The van der Waals surface area contributed by atoms with Crippen LogP contribution in [0.1, 0.15) is 36.0 Å². The number of nitrogens with zero attached hydrogens (tertiary/aromatic N) is 3. The molecule has 1 saturated heterocycles. The van der Waals surface area contributed by atoms with Gasteiger partial charge in [-0.1, -0.05) is 23.7 Å². The number of halogens is 1. The van der Waals surface area contributed by atoms with Crippen LogP contribution in [0.25, 0.3) is 0 Å². The van der Waals surface area contributed by atoms with Gasteiger partial charge in [-0.15, -0.1) is 0 Å². The first-order chi connectivity index (χ1) is 17.9. The monoisotopic (exact) mass is 519 g/mol. The zero-order valence-electron chi connectivity index (χ0n) is 20.6. The quantitative estimate of drug-likeness (QED) is 0.338. The van der Waals surface area contributed by atoms with E-state index in [-0.39, 0.29) is 23.8 Å². The molecule has 0 bridgehead atoms. The maximum Gasteiger partial charge on any atom is 0.251 e. The van der Waals surface area contributed by atoms with Crippen molar-refractivity contribution in [3.8, 4) is 0 Å². The Labute approximate surface area is 221 Å². The molecule has 2 aliphatic rings. The first-order valence-corrected chi connectivity index (χ1v) is 12.9. The maximum absolute atomic E-state index is 12.6. The van der Waals surface area contributed by atoms with E-state index in [4.69, 9.17) is 11.6 Å². The molecule has 5 rings (SSSR count). The fraction of sp³-hybridized carbons (Fsp3) is 0.333. The fourth-order valence-corrected chi connectivity index (χ4v) is 4.32. The number of para-hydroxylation sites is 2. The van der Waals surface area contributed by atoms with Gasteiger partial charge < -0.3 is 26.2 Å². The van der Waals surface area contributed by atoms with Crippen LogP contribution in [-0.4, -0.2) is 52.9 Å². The zero-order chi connectivity index (χ0) is 25.8. The van der Waals surface area contributed by atoms with Gasteiger partial charge in [-0.3, -0.25) is 9.59 Å². The number of piperidine rings is 1. The minimum Gasteiger partial charge on any atom is -0.349 e. The second kappa shape index (κ2) is 11.1. The number of nitrogens with one attached hydrogen (secondary N) is 4. The summed E-state index contributed by atoms with van der Waals surface area (Å²) in [6.45, 7) is 1.98. The normalized spacial score (nSPS) is 16.2. The van der Waals surface area contributed by atoms with E-state index in [9.17, 15) is 9.59 Å². The number of amides is 2. The van der Waals surface area contributed by atoms with E-state index in [1.165, 1.54) is 6.20 Å². The Bertz CT molecular complexity index is 1270. The van der Waals surface area contributed by atoms with Crippen LogP contribution >= 0.6 is 11.6 Å². The van der Waals surface area contributed by atoms with E-state index in [0.29, 0.717) is 33.7 Å². The summed E-state index contributed by atoms with van der Waals surface area (Å²) >= 11 is 6.36. The molecule has 2 fully saturated rings. The summed E-state index contributed by atoms with van der Waals surface area (Å²) in [6, 6.07) is 14.8. The molecule has 0 atom stereocenters. The van der Waals surface area contributed by atoms with Crippen molar-refractivity contribution in [1.82, 2.24) is 20.2 Å². The lowest BCUT2D eigenvalue weighted by molar-refractivity contribution is -0.117. The molecule has 1 aliphatic heterocycles. The number of benzene rings is 2. The summed E-state index contributed by atoms with van der Waals surface area (Å²) in [5, 5.41) is 12.8. The van der Waals surface area contributed by atoms with Crippen LogP contribution < -0.4 is 21.3 Å². The Morgan fingerprint density at radius 1 is 0.946 bits per heavy atom. The van der Waals surface area contributed by atoms with E-state index in [1.54, 1.807) is 12.1 Å². The Morgan fingerprint density at radius 3 is 2.35 bits per heavy atom. The highest BCUT2D eigenvalue weighted by atomic mass is 35.5. The van der Waals surface area contributed by atoms with Gasteiger partial charge >= 0.3 is 0 Å². The lowest BCUT2D eigenvalue weighted by Crippen LogP contribution is -2.43. The second-order valence-electron chi connectivity index (χ2n) is 9.58. The Balaban J connectivity index is 1.23. The molecule has 9 nitrogen and oxygen atoms in total. The SMILES string of the molecule is CN1CCC(NC(=O)c2ccc(Nc3ncc(Cl)c(Nc4ccccc4NC(=O)C4CC4)n3)cc2)CC1. The van der Waals surface area contributed by atoms with E-state index >= 15 is 0 Å². The lowest BCUT2D eigenvalue weighted by Gasteiger charge is -2.29. The molecule has 0 unspecified atom stereocenters. The van der Waals surface area contributed by atoms with Crippen molar-refractivity contribution >= 4 is 52.2 Å². The van der Waals surface area contributed by atoms with Crippen molar-refractivity contribution in [3.63, 3.8) is 0 Å². The van der Waals surface area contributed by atoms with E-state index < -0.39 is 0 Å². The van der Waals surface area contributed by atoms with E-state index in [2.05, 4.69) is 43.2 Å². The second-order valence-corrected chi connectivity index (χ2v) is 9.98. The molecule has 2 heterocycles. The highest BCUT2D eigenvalue weighted by molar-refractivity contribution is 6.33.